The molecule has 1 spiro atoms. The van der Waals surface area contributed by atoms with E-state index in [-0.39, 0.29) is 18.0 Å². The molecule has 2 aliphatic heterocycles. The fourth-order valence-corrected chi connectivity index (χ4v) is 4.26. The van der Waals surface area contributed by atoms with E-state index in [1.165, 1.54) is 24.8 Å². The number of nitrogens with one attached hydrogen (secondary N) is 1. The Balaban J connectivity index is 1.34. The Bertz CT molecular complexity index is 612. The fourth-order valence-electron chi connectivity index (χ4n) is 4.26. The lowest BCUT2D eigenvalue weighted by Gasteiger charge is -2.31. The van der Waals surface area contributed by atoms with Gasteiger partial charge in [0, 0.05) is 43.5 Å². The first-order chi connectivity index (χ1) is 12.2. The number of methoxy groups -OCH3 is 1. The fraction of sp³-hybridized carbons (Fsp3) is 0.700. The summed E-state index contributed by atoms with van der Waals surface area (Å²) in [6.07, 6.45) is 7.13. The largest absolute Gasteiger partial charge is 0.497 e. The molecule has 1 aliphatic carbocycles. The molecule has 0 unspecified atom stereocenters. The lowest BCUT2D eigenvalue weighted by molar-refractivity contribution is -0.186. The van der Waals surface area contributed by atoms with Crippen molar-refractivity contribution in [3.8, 4) is 11.5 Å². The molecule has 5 heteroatoms. The number of ether oxygens (including phenoxy) is 4. The van der Waals surface area contributed by atoms with E-state index in [0.29, 0.717) is 6.61 Å². The summed E-state index contributed by atoms with van der Waals surface area (Å²) in [6.45, 7) is 4.34. The van der Waals surface area contributed by atoms with Gasteiger partial charge in [0.1, 0.15) is 17.6 Å². The molecule has 0 radical (unpaired) electrons. The Morgan fingerprint density at radius 3 is 2.88 bits per heavy atom. The van der Waals surface area contributed by atoms with Crippen molar-refractivity contribution in [1.82, 2.24) is 5.32 Å². The third-order valence-corrected chi connectivity index (χ3v) is 5.49. The Labute approximate surface area is 150 Å². The maximum Gasteiger partial charge on any atom is 0.168 e. The molecule has 138 valence electrons. The number of hydrogen-bond donors (Lipinski definition) is 1. The van der Waals surface area contributed by atoms with E-state index >= 15 is 0 Å². The molecule has 0 bridgehead atoms. The van der Waals surface area contributed by atoms with Crippen LogP contribution in [0.5, 0.6) is 11.5 Å². The minimum Gasteiger partial charge on any atom is -0.497 e. The van der Waals surface area contributed by atoms with Gasteiger partial charge in [-0.25, -0.2) is 0 Å². The molecule has 0 amide bonds. The molecule has 25 heavy (non-hydrogen) atoms. The summed E-state index contributed by atoms with van der Waals surface area (Å²) in [7, 11) is 1.71. The van der Waals surface area contributed by atoms with Crippen LogP contribution in [0.4, 0.5) is 0 Å². The lowest BCUT2D eigenvalue weighted by Crippen LogP contribution is -2.35. The van der Waals surface area contributed by atoms with Gasteiger partial charge in [-0.3, -0.25) is 0 Å². The number of benzene rings is 1. The minimum absolute atomic E-state index is 0.136. The molecule has 1 aromatic rings. The van der Waals surface area contributed by atoms with E-state index in [1.807, 2.05) is 0 Å². The minimum atomic E-state index is -0.291. The molecule has 1 saturated carbocycles. The molecule has 1 aromatic carbocycles. The third kappa shape index (κ3) is 3.64. The standard InChI is InChI=1S/C20H29NO4/c1-14-8-15-9-17(22-2)10-16(19(15)24-14)11-21-12-18-13-23-20(25-18)6-4-3-5-7-20/h9-10,14,18,21H,3-8,11-13H2,1-2H3/t14-,18+/m0/s1. The molecule has 2 atom stereocenters. The van der Waals surface area contributed by atoms with E-state index in [0.717, 1.165) is 49.4 Å². The molecular formula is C20H29NO4. The van der Waals surface area contributed by atoms with Crippen LogP contribution in [0.3, 0.4) is 0 Å². The van der Waals surface area contributed by atoms with Crippen LogP contribution in [0, 0.1) is 0 Å². The quantitative estimate of drug-likeness (QED) is 0.886. The first-order valence-electron chi connectivity index (χ1n) is 9.56. The predicted molar refractivity (Wildman–Crippen MR) is 95.1 cm³/mol. The highest BCUT2D eigenvalue weighted by molar-refractivity contribution is 5.49. The van der Waals surface area contributed by atoms with Crippen LogP contribution in [-0.4, -0.2) is 38.3 Å². The van der Waals surface area contributed by atoms with Gasteiger partial charge in [0.15, 0.2) is 5.79 Å². The van der Waals surface area contributed by atoms with E-state index in [4.69, 9.17) is 18.9 Å². The van der Waals surface area contributed by atoms with E-state index in [9.17, 15) is 0 Å². The van der Waals surface area contributed by atoms with Gasteiger partial charge in [0.25, 0.3) is 0 Å². The van der Waals surface area contributed by atoms with E-state index < -0.39 is 0 Å². The van der Waals surface area contributed by atoms with Crippen molar-refractivity contribution < 1.29 is 18.9 Å². The summed E-state index contributed by atoms with van der Waals surface area (Å²) < 4.78 is 23.7. The zero-order valence-electron chi connectivity index (χ0n) is 15.3. The summed E-state index contributed by atoms with van der Waals surface area (Å²) >= 11 is 0. The van der Waals surface area contributed by atoms with Crippen molar-refractivity contribution in [2.45, 2.75) is 70.0 Å². The number of rotatable bonds is 5. The first-order valence-corrected chi connectivity index (χ1v) is 9.56. The van der Waals surface area contributed by atoms with Crippen molar-refractivity contribution in [1.29, 1.82) is 0 Å². The van der Waals surface area contributed by atoms with Crippen LogP contribution in [0.1, 0.15) is 50.2 Å². The van der Waals surface area contributed by atoms with E-state index in [1.54, 1.807) is 7.11 Å². The average molecular weight is 347 g/mol. The highest BCUT2D eigenvalue weighted by atomic mass is 16.7. The monoisotopic (exact) mass is 347 g/mol. The lowest BCUT2D eigenvalue weighted by atomic mass is 9.94. The van der Waals surface area contributed by atoms with Crippen LogP contribution in [0.15, 0.2) is 12.1 Å². The number of fused-ring (bicyclic) bond motifs is 1. The van der Waals surface area contributed by atoms with Crippen molar-refractivity contribution in [3.05, 3.63) is 23.3 Å². The summed E-state index contributed by atoms with van der Waals surface area (Å²) in [4.78, 5) is 0. The topological polar surface area (TPSA) is 49.0 Å². The molecule has 4 rings (SSSR count). The van der Waals surface area contributed by atoms with Gasteiger partial charge in [-0.05, 0) is 31.9 Å². The highest BCUT2D eigenvalue weighted by Crippen LogP contribution is 2.38. The summed E-state index contributed by atoms with van der Waals surface area (Å²) in [6, 6.07) is 4.15. The van der Waals surface area contributed by atoms with Gasteiger partial charge in [-0.15, -0.1) is 0 Å². The van der Waals surface area contributed by atoms with Crippen LogP contribution in [-0.2, 0) is 22.4 Å². The molecule has 5 nitrogen and oxygen atoms in total. The van der Waals surface area contributed by atoms with E-state index in [2.05, 4.69) is 24.4 Å². The average Bonchev–Trinajstić information content (AvgIpc) is 3.18. The van der Waals surface area contributed by atoms with Crippen molar-refractivity contribution >= 4 is 0 Å². The maximum atomic E-state index is 6.24. The van der Waals surface area contributed by atoms with Crippen LogP contribution >= 0.6 is 0 Å². The SMILES string of the molecule is COc1cc(CNC[C@@H]2COC3(CCCCC3)O2)c2c(c1)C[C@H](C)O2. The van der Waals surface area contributed by atoms with Crippen LogP contribution in [0.2, 0.25) is 0 Å². The van der Waals surface area contributed by atoms with Gasteiger partial charge < -0.3 is 24.3 Å². The molecule has 2 fully saturated rings. The highest BCUT2D eigenvalue weighted by Gasteiger charge is 2.41. The summed E-state index contributed by atoms with van der Waals surface area (Å²) in [5.74, 6) is 1.63. The summed E-state index contributed by atoms with van der Waals surface area (Å²) in [5.41, 5.74) is 2.40. The Morgan fingerprint density at radius 2 is 2.08 bits per heavy atom. The third-order valence-electron chi connectivity index (χ3n) is 5.49. The summed E-state index contributed by atoms with van der Waals surface area (Å²) in [5, 5.41) is 3.52. The van der Waals surface area contributed by atoms with Gasteiger partial charge >= 0.3 is 0 Å². The zero-order chi connectivity index (χ0) is 17.3. The maximum absolute atomic E-state index is 6.24. The second kappa shape index (κ2) is 7.14. The number of hydrogen-bond acceptors (Lipinski definition) is 5. The Morgan fingerprint density at radius 1 is 1.24 bits per heavy atom. The van der Waals surface area contributed by atoms with Crippen molar-refractivity contribution in [2.75, 3.05) is 20.3 Å². The van der Waals surface area contributed by atoms with Gasteiger partial charge in [-0.2, -0.15) is 0 Å². The normalized spacial score (nSPS) is 27.3. The molecule has 2 heterocycles. The second-order valence-corrected chi connectivity index (χ2v) is 7.56. The zero-order valence-corrected chi connectivity index (χ0v) is 15.3. The molecule has 1 N–H and O–H groups in total. The predicted octanol–water partition coefficient (Wildman–Crippen LogP) is 3.18. The first kappa shape index (κ1) is 17.1. The molecule has 3 aliphatic rings. The molecule has 0 aromatic heterocycles. The molecule has 1 saturated heterocycles. The van der Waals surface area contributed by atoms with Gasteiger partial charge in [-0.1, -0.05) is 6.42 Å². The van der Waals surface area contributed by atoms with Crippen molar-refractivity contribution in [2.24, 2.45) is 0 Å². The Hall–Kier alpha value is -1.30. The van der Waals surface area contributed by atoms with Crippen LogP contribution < -0.4 is 14.8 Å². The Kier molecular flexibility index (Phi) is 4.89. The smallest absolute Gasteiger partial charge is 0.168 e. The van der Waals surface area contributed by atoms with Gasteiger partial charge in [0.05, 0.1) is 19.8 Å². The van der Waals surface area contributed by atoms with Crippen LogP contribution in [0.25, 0.3) is 0 Å². The van der Waals surface area contributed by atoms with Gasteiger partial charge in [0.2, 0.25) is 0 Å². The second-order valence-electron chi connectivity index (χ2n) is 7.56. The molecular weight excluding hydrogens is 318 g/mol. The van der Waals surface area contributed by atoms with Crippen molar-refractivity contribution in [3.63, 3.8) is 0 Å².